The van der Waals surface area contributed by atoms with Crippen molar-refractivity contribution in [3.63, 3.8) is 0 Å². The lowest BCUT2D eigenvalue weighted by Gasteiger charge is -2.10. The zero-order valence-electron chi connectivity index (χ0n) is 14.4. The van der Waals surface area contributed by atoms with Crippen LogP contribution in [0.1, 0.15) is 15.9 Å². The molecule has 3 rings (SSSR count). The van der Waals surface area contributed by atoms with E-state index >= 15 is 0 Å². The molecule has 0 saturated heterocycles. The summed E-state index contributed by atoms with van der Waals surface area (Å²) in [7, 11) is -3.78. The van der Waals surface area contributed by atoms with Crippen molar-refractivity contribution in [2.45, 2.75) is 11.8 Å². The Morgan fingerprint density at radius 3 is 2.15 bits per heavy atom. The van der Waals surface area contributed by atoms with E-state index in [1.807, 2.05) is 6.92 Å². The highest BCUT2D eigenvalue weighted by Crippen LogP contribution is 2.18. The SMILES string of the molecule is Cc1ccc(NS(=O)(=O)c2ccc(C(=O)Nc3ccccc3F)cc2)cc1. The first-order chi connectivity index (χ1) is 12.8. The zero-order valence-corrected chi connectivity index (χ0v) is 15.3. The number of amides is 1. The van der Waals surface area contributed by atoms with E-state index in [-0.39, 0.29) is 16.1 Å². The van der Waals surface area contributed by atoms with Gasteiger partial charge in [0.25, 0.3) is 15.9 Å². The van der Waals surface area contributed by atoms with Crippen molar-refractivity contribution in [3.8, 4) is 0 Å². The summed E-state index contributed by atoms with van der Waals surface area (Å²) in [4.78, 5) is 12.2. The molecule has 0 bridgehead atoms. The van der Waals surface area contributed by atoms with Crippen molar-refractivity contribution in [2.24, 2.45) is 0 Å². The van der Waals surface area contributed by atoms with Crippen molar-refractivity contribution >= 4 is 27.3 Å². The summed E-state index contributed by atoms with van der Waals surface area (Å²) < 4.78 is 41.0. The first-order valence-corrected chi connectivity index (χ1v) is 9.59. The summed E-state index contributed by atoms with van der Waals surface area (Å²) in [6, 6.07) is 18.1. The number of halogens is 1. The lowest BCUT2D eigenvalue weighted by atomic mass is 10.2. The molecule has 7 heteroatoms. The molecule has 27 heavy (non-hydrogen) atoms. The minimum atomic E-state index is -3.78. The molecule has 0 atom stereocenters. The Morgan fingerprint density at radius 2 is 1.52 bits per heavy atom. The van der Waals surface area contributed by atoms with E-state index in [1.54, 1.807) is 30.3 Å². The van der Waals surface area contributed by atoms with Crippen molar-refractivity contribution < 1.29 is 17.6 Å². The van der Waals surface area contributed by atoms with Gasteiger partial charge in [-0.2, -0.15) is 0 Å². The van der Waals surface area contributed by atoms with Crippen LogP contribution in [0.25, 0.3) is 0 Å². The predicted octanol–water partition coefficient (Wildman–Crippen LogP) is 4.19. The van der Waals surface area contributed by atoms with E-state index in [0.717, 1.165) is 5.56 Å². The standard InChI is InChI=1S/C20H17FN2O3S/c1-14-6-10-16(11-7-14)23-27(25,26)17-12-8-15(9-13-17)20(24)22-19-5-3-2-4-18(19)21/h2-13,23H,1H3,(H,22,24). The van der Waals surface area contributed by atoms with Gasteiger partial charge in [0.15, 0.2) is 0 Å². The lowest BCUT2D eigenvalue weighted by Crippen LogP contribution is -2.15. The molecule has 0 aliphatic rings. The summed E-state index contributed by atoms with van der Waals surface area (Å²) in [6.07, 6.45) is 0. The quantitative estimate of drug-likeness (QED) is 0.693. The maximum atomic E-state index is 13.6. The average molecular weight is 384 g/mol. The van der Waals surface area contributed by atoms with E-state index in [0.29, 0.717) is 5.69 Å². The molecule has 1 amide bonds. The minimum Gasteiger partial charge on any atom is -0.319 e. The number of para-hydroxylation sites is 1. The number of nitrogens with one attached hydrogen (secondary N) is 2. The largest absolute Gasteiger partial charge is 0.319 e. The Hall–Kier alpha value is -3.19. The number of hydrogen-bond acceptors (Lipinski definition) is 3. The maximum absolute atomic E-state index is 13.6. The number of aryl methyl sites for hydroxylation is 1. The van der Waals surface area contributed by atoms with Crippen LogP contribution in [0.5, 0.6) is 0 Å². The second-order valence-corrected chi connectivity index (χ2v) is 7.61. The Bertz CT molecular complexity index is 1060. The number of carbonyl (C=O) groups is 1. The topological polar surface area (TPSA) is 75.3 Å². The van der Waals surface area contributed by atoms with Crippen molar-refractivity contribution in [1.82, 2.24) is 0 Å². The molecule has 0 unspecified atom stereocenters. The van der Waals surface area contributed by atoms with Gasteiger partial charge in [-0.1, -0.05) is 29.8 Å². The highest BCUT2D eigenvalue weighted by Gasteiger charge is 2.16. The molecule has 0 aliphatic heterocycles. The molecular weight excluding hydrogens is 367 g/mol. The molecule has 0 fully saturated rings. The normalized spacial score (nSPS) is 11.0. The highest BCUT2D eigenvalue weighted by atomic mass is 32.2. The fourth-order valence-corrected chi connectivity index (χ4v) is 3.44. The molecule has 3 aromatic rings. The summed E-state index contributed by atoms with van der Waals surface area (Å²) in [5.74, 6) is -1.08. The number of sulfonamides is 1. The van der Waals surface area contributed by atoms with Gasteiger partial charge in [-0.25, -0.2) is 12.8 Å². The van der Waals surface area contributed by atoms with E-state index in [1.165, 1.54) is 42.5 Å². The molecule has 138 valence electrons. The summed E-state index contributed by atoms with van der Waals surface area (Å²) in [5.41, 5.74) is 1.73. The fourth-order valence-electron chi connectivity index (χ4n) is 2.38. The average Bonchev–Trinajstić information content (AvgIpc) is 2.65. The molecule has 0 aliphatic carbocycles. The zero-order chi connectivity index (χ0) is 19.4. The monoisotopic (exact) mass is 384 g/mol. The van der Waals surface area contributed by atoms with Crippen LogP contribution in [-0.4, -0.2) is 14.3 Å². The summed E-state index contributed by atoms with van der Waals surface area (Å²) >= 11 is 0. The van der Waals surface area contributed by atoms with Crippen molar-refractivity contribution in [2.75, 3.05) is 10.0 Å². The summed E-state index contributed by atoms with van der Waals surface area (Å²) in [6.45, 7) is 1.91. The van der Waals surface area contributed by atoms with Gasteiger partial charge in [0.2, 0.25) is 0 Å². The van der Waals surface area contributed by atoms with E-state index in [2.05, 4.69) is 10.0 Å². The minimum absolute atomic E-state index is 0.0190. The molecule has 2 N–H and O–H groups in total. The first-order valence-electron chi connectivity index (χ1n) is 8.10. The second-order valence-electron chi connectivity index (χ2n) is 5.93. The van der Waals surface area contributed by atoms with Crippen LogP contribution in [0.15, 0.2) is 77.7 Å². The third-order valence-corrected chi connectivity index (χ3v) is 5.25. The van der Waals surface area contributed by atoms with Gasteiger partial charge < -0.3 is 5.32 Å². The maximum Gasteiger partial charge on any atom is 0.261 e. The van der Waals surface area contributed by atoms with Crippen molar-refractivity contribution in [1.29, 1.82) is 0 Å². The van der Waals surface area contributed by atoms with Gasteiger partial charge in [-0.3, -0.25) is 9.52 Å². The van der Waals surface area contributed by atoms with E-state index in [4.69, 9.17) is 0 Å². The molecule has 0 radical (unpaired) electrons. The third-order valence-electron chi connectivity index (χ3n) is 3.85. The van der Waals surface area contributed by atoms with Gasteiger partial charge >= 0.3 is 0 Å². The van der Waals surface area contributed by atoms with Gasteiger partial charge in [0.1, 0.15) is 5.82 Å². The van der Waals surface area contributed by atoms with Crippen LogP contribution in [0, 0.1) is 12.7 Å². The molecule has 0 heterocycles. The van der Waals surface area contributed by atoms with Gasteiger partial charge in [-0.15, -0.1) is 0 Å². The van der Waals surface area contributed by atoms with Crippen LogP contribution in [-0.2, 0) is 10.0 Å². The molecule has 0 spiro atoms. The van der Waals surface area contributed by atoms with Crippen LogP contribution < -0.4 is 10.0 Å². The van der Waals surface area contributed by atoms with Crippen LogP contribution in [0.2, 0.25) is 0 Å². The third kappa shape index (κ3) is 4.51. The molecule has 5 nitrogen and oxygen atoms in total. The molecule has 0 aromatic heterocycles. The van der Waals surface area contributed by atoms with Crippen LogP contribution in [0.3, 0.4) is 0 Å². The number of rotatable bonds is 5. The molecular formula is C20H17FN2O3S. The molecule has 0 saturated carbocycles. The van der Waals surface area contributed by atoms with Gasteiger partial charge in [0, 0.05) is 11.3 Å². The first kappa shape index (κ1) is 18.6. The van der Waals surface area contributed by atoms with Crippen molar-refractivity contribution in [3.05, 3.63) is 89.7 Å². The van der Waals surface area contributed by atoms with Crippen LogP contribution in [0.4, 0.5) is 15.8 Å². The highest BCUT2D eigenvalue weighted by molar-refractivity contribution is 7.92. The predicted molar refractivity (Wildman–Crippen MR) is 103 cm³/mol. The fraction of sp³-hybridized carbons (Fsp3) is 0.0500. The summed E-state index contributed by atoms with van der Waals surface area (Å²) in [5, 5.41) is 2.45. The van der Waals surface area contributed by atoms with Crippen LogP contribution >= 0.6 is 0 Å². The van der Waals surface area contributed by atoms with E-state index in [9.17, 15) is 17.6 Å². The lowest BCUT2D eigenvalue weighted by molar-refractivity contribution is 0.102. The van der Waals surface area contributed by atoms with Gasteiger partial charge in [0.05, 0.1) is 10.6 Å². The van der Waals surface area contributed by atoms with E-state index < -0.39 is 21.7 Å². The number of carbonyl (C=O) groups excluding carboxylic acids is 1. The second kappa shape index (κ2) is 7.59. The Morgan fingerprint density at radius 1 is 0.889 bits per heavy atom. The Kier molecular flexibility index (Phi) is 5.23. The van der Waals surface area contributed by atoms with Gasteiger partial charge in [-0.05, 0) is 55.5 Å². The number of hydrogen-bond donors (Lipinski definition) is 2. The number of benzene rings is 3. The molecule has 3 aromatic carbocycles. The Balaban J connectivity index is 1.75. The number of anilines is 2. The smallest absolute Gasteiger partial charge is 0.261 e. The Labute approximate surface area is 156 Å².